The van der Waals surface area contributed by atoms with Crippen LogP contribution < -0.4 is 10.5 Å². The minimum atomic E-state index is -0.269. The molecule has 3 heteroatoms. The lowest BCUT2D eigenvalue weighted by Gasteiger charge is -2.22. The molecule has 1 aromatic carbocycles. The largest absolute Gasteiger partial charge is 0.481 e. The van der Waals surface area contributed by atoms with Crippen LogP contribution in [0, 0.1) is 20.8 Å². The zero-order chi connectivity index (χ0) is 14.0. The Morgan fingerprint density at radius 3 is 2.53 bits per heavy atom. The summed E-state index contributed by atoms with van der Waals surface area (Å²) in [4.78, 5) is 0. The van der Waals surface area contributed by atoms with Gasteiger partial charge in [-0.15, -0.1) is 0 Å². The summed E-state index contributed by atoms with van der Waals surface area (Å²) in [6.45, 7) is 8.13. The van der Waals surface area contributed by atoms with Gasteiger partial charge in [0.05, 0.1) is 6.26 Å². The Kier molecular flexibility index (Phi) is 3.96. The molecule has 2 rings (SSSR count). The number of hydrogen-bond donors (Lipinski definition) is 1. The fraction of sp³-hybridized carbons (Fsp3) is 0.375. The molecule has 0 saturated carbocycles. The normalized spacial score (nSPS) is 14.2. The molecule has 0 aliphatic carbocycles. The monoisotopic (exact) mass is 259 g/mol. The molecule has 0 radical (unpaired) electrons. The van der Waals surface area contributed by atoms with Crippen LogP contribution in [0.1, 0.15) is 35.5 Å². The highest BCUT2D eigenvalue weighted by molar-refractivity contribution is 5.42. The van der Waals surface area contributed by atoms with Crippen LogP contribution in [0.3, 0.4) is 0 Å². The first-order chi connectivity index (χ1) is 8.99. The summed E-state index contributed by atoms with van der Waals surface area (Å²) in [5.41, 5.74) is 9.56. The highest BCUT2D eigenvalue weighted by Gasteiger charge is 2.22. The van der Waals surface area contributed by atoms with Crippen molar-refractivity contribution in [2.24, 2.45) is 5.73 Å². The van der Waals surface area contributed by atoms with Gasteiger partial charge < -0.3 is 14.9 Å². The van der Waals surface area contributed by atoms with E-state index in [9.17, 15) is 0 Å². The van der Waals surface area contributed by atoms with Crippen molar-refractivity contribution in [1.29, 1.82) is 0 Å². The molecule has 3 nitrogen and oxygen atoms in total. The van der Waals surface area contributed by atoms with Crippen LogP contribution in [0.15, 0.2) is 34.9 Å². The molecule has 2 unspecified atom stereocenters. The number of rotatable bonds is 4. The Morgan fingerprint density at radius 2 is 1.95 bits per heavy atom. The van der Waals surface area contributed by atoms with Crippen LogP contribution >= 0.6 is 0 Å². The van der Waals surface area contributed by atoms with Gasteiger partial charge in [0, 0.05) is 6.04 Å². The Morgan fingerprint density at radius 1 is 1.21 bits per heavy atom. The Hall–Kier alpha value is -1.74. The third-order valence-corrected chi connectivity index (χ3v) is 3.32. The van der Waals surface area contributed by atoms with E-state index in [0.717, 1.165) is 17.1 Å². The lowest BCUT2D eigenvalue weighted by atomic mass is 10.1. The molecule has 0 aliphatic rings. The van der Waals surface area contributed by atoms with Gasteiger partial charge in [0.1, 0.15) is 11.5 Å². The van der Waals surface area contributed by atoms with Gasteiger partial charge in [-0.25, -0.2) is 0 Å². The number of hydrogen-bond acceptors (Lipinski definition) is 3. The molecular formula is C16H21NO2. The van der Waals surface area contributed by atoms with Gasteiger partial charge in [0.2, 0.25) is 0 Å². The predicted molar refractivity (Wildman–Crippen MR) is 76.4 cm³/mol. The molecule has 0 spiro atoms. The molecule has 1 heterocycles. The summed E-state index contributed by atoms with van der Waals surface area (Å²) in [7, 11) is 0. The van der Waals surface area contributed by atoms with Gasteiger partial charge in [-0.05, 0) is 62.6 Å². The van der Waals surface area contributed by atoms with Crippen LogP contribution in [-0.2, 0) is 0 Å². The van der Waals surface area contributed by atoms with Crippen LogP contribution in [0.25, 0.3) is 0 Å². The molecule has 2 atom stereocenters. The van der Waals surface area contributed by atoms with Crippen LogP contribution in [0.2, 0.25) is 0 Å². The van der Waals surface area contributed by atoms with Gasteiger partial charge in [-0.3, -0.25) is 0 Å². The van der Waals surface area contributed by atoms with Crippen molar-refractivity contribution < 1.29 is 9.15 Å². The first-order valence-corrected chi connectivity index (χ1v) is 6.52. The highest BCUT2D eigenvalue weighted by atomic mass is 16.5. The zero-order valence-electron chi connectivity index (χ0n) is 11.9. The lowest BCUT2D eigenvalue weighted by Crippen LogP contribution is -2.29. The molecule has 0 amide bonds. The number of furan rings is 1. The number of nitrogens with two attached hydrogens (primary N) is 1. The average Bonchev–Trinajstić information content (AvgIpc) is 2.84. The minimum absolute atomic E-state index is 0.147. The fourth-order valence-corrected chi connectivity index (χ4v) is 2.14. The molecule has 1 aromatic heterocycles. The maximum atomic E-state index is 6.09. The van der Waals surface area contributed by atoms with Gasteiger partial charge in [-0.1, -0.05) is 6.07 Å². The second-order valence-electron chi connectivity index (χ2n) is 5.12. The summed E-state index contributed by atoms with van der Waals surface area (Å²) in [6.07, 6.45) is 1.37. The number of aryl methyl sites for hydroxylation is 2. The Balaban J connectivity index is 2.33. The summed E-state index contributed by atoms with van der Waals surface area (Å²) in [5, 5.41) is 0. The molecule has 19 heavy (non-hydrogen) atoms. The zero-order valence-corrected chi connectivity index (χ0v) is 11.9. The second kappa shape index (κ2) is 5.49. The Bertz CT molecular complexity index is 544. The van der Waals surface area contributed by atoms with Crippen LogP contribution in [0.5, 0.6) is 5.75 Å². The molecule has 0 fully saturated rings. The molecule has 102 valence electrons. The lowest BCUT2D eigenvalue weighted by molar-refractivity contribution is 0.152. The topological polar surface area (TPSA) is 48.4 Å². The van der Waals surface area contributed by atoms with E-state index < -0.39 is 0 Å². The van der Waals surface area contributed by atoms with E-state index in [0.29, 0.717) is 0 Å². The van der Waals surface area contributed by atoms with E-state index in [-0.39, 0.29) is 12.1 Å². The predicted octanol–water partition coefficient (Wildman–Crippen LogP) is 3.67. The van der Waals surface area contributed by atoms with Crippen molar-refractivity contribution in [3.8, 4) is 5.75 Å². The first-order valence-electron chi connectivity index (χ1n) is 6.52. The van der Waals surface area contributed by atoms with Gasteiger partial charge in [0.25, 0.3) is 0 Å². The van der Waals surface area contributed by atoms with Crippen molar-refractivity contribution in [3.63, 3.8) is 0 Å². The smallest absolute Gasteiger partial charge is 0.171 e. The maximum absolute atomic E-state index is 6.09. The van der Waals surface area contributed by atoms with Crippen molar-refractivity contribution in [2.45, 2.75) is 39.8 Å². The van der Waals surface area contributed by atoms with E-state index >= 15 is 0 Å². The van der Waals surface area contributed by atoms with E-state index in [4.69, 9.17) is 14.9 Å². The molecule has 0 aliphatic heterocycles. The summed E-state index contributed by atoms with van der Waals surface area (Å²) >= 11 is 0. The Labute approximate surface area is 114 Å². The SMILES string of the molecule is Cc1cc(C)c(C)c(OC(c2ccco2)C(C)N)c1. The highest BCUT2D eigenvalue weighted by Crippen LogP contribution is 2.29. The van der Waals surface area contributed by atoms with Crippen molar-refractivity contribution >= 4 is 0 Å². The summed E-state index contributed by atoms with van der Waals surface area (Å²) < 4.78 is 11.5. The third kappa shape index (κ3) is 2.99. The average molecular weight is 259 g/mol. The molecule has 0 saturated heterocycles. The van der Waals surface area contributed by atoms with E-state index in [1.54, 1.807) is 6.26 Å². The van der Waals surface area contributed by atoms with Crippen LogP contribution in [0.4, 0.5) is 0 Å². The standard InChI is InChI=1S/C16H21NO2/c1-10-8-11(2)12(3)15(9-10)19-16(13(4)17)14-6-5-7-18-14/h5-9,13,16H,17H2,1-4H3. The van der Waals surface area contributed by atoms with E-state index in [2.05, 4.69) is 26.8 Å². The van der Waals surface area contributed by atoms with Gasteiger partial charge in [-0.2, -0.15) is 0 Å². The quantitative estimate of drug-likeness (QED) is 0.911. The first kappa shape index (κ1) is 13.7. The van der Waals surface area contributed by atoms with E-state index in [1.165, 1.54) is 11.1 Å². The number of ether oxygens (including phenoxy) is 1. The second-order valence-corrected chi connectivity index (χ2v) is 5.12. The number of benzene rings is 1. The minimum Gasteiger partial charge on any atom is -0.481 e. The van der Waals surface area contributed by atoms with Crippen molar-refractivity contribution in [1.82, 2.24) is 0 Å². The van der Waals surface area contributed by atoms with E-state index in [1.807, 2.05) is 25.1 Å². The third-order valence-electron chi connectivity index (χ3n) is 3.32. The van der Waals surface area contributed by atoms with Crippen molar-refractivity contribution in [2.75, 3.05) is 0 Å². The molecule has 2 aromatic rings. The van der Waals surface area contributed by atoms with Crippen molar-refractivity contribution in [3.05, 3.63) is 53.0 Å². The fourth-order valence-electron chi connectivity index (χ4n) is 2.14. The molecule has 0 bridgehead atoms. The summed E-state index contributed by atoms with van der Waals surface area (Å²) in [5.74, 6) is 1.63. The van der Waals surface area contributed by atoms with Gasteiger partial charge >= 0.3 is 0 Å². The maximum Gasteiger partial charge on any atom is 0.171 e. The van der Waals surface area contributed by atoms with Gasteiger partial charge in [0.15, 0.2) is 6.10 Å². The molecule has 2 N–H and O–H groups in total. The molecular weight excluding hydrogens is 238 g/mol. The summed E-state index contributed by atoms with van der Waals surface area (Å²) in [6, 6.07) is 7.79. The van der Waals surface area contributed by atoms with Crippen LogP contribution in [-0.4, -0.2) is 6.04 Å².